The molecular formula is C15H14FO5P. The summed E-state index contributed by atoms with van der Waals surface area (Å²) in [5, 5.41) is 5.17. The van der Waals surface area contributed by atoms with E-state index in [1.807, 2.05) is 30.3 Å². The quantitative estimate of drug-likeness (QED) is 0.735. The van der Waals surface area contributed by atoms with E-state index in [4.69, 9.17) is 14.9 Å². The SMILES string of the molecule is O=C(O)C(F)(Cc1ccc(-c2ccccc2)cc1)P(=O)(O)O. The van der Waals surface area contributed by atoms with Crippen LogP contribution in [-0.4, -0.2) is 26.3 Å². The molecule has 0 bridgehead atoms. The van der Waals surface area contributed by atoms with E-state index in [0.29, 0.717) is 0 Å². The maximum atomic E-state index is 14.2. The van der Waals surface area contributed by atoms with E-state index in [9.17, 15) is 13.8 Å². The standard InChI is InChI=1S/C15H14FO5P/c16-15(14(17)18,22(19,20)21)10-11-6-8-13(9-7-11)12-4-2-1-3-5-12/h1-9H,10H2,(H,17,18)(H2,19,20,21). The molecule has 2 aromatic rings. The zero-order chi connectivity index (χ0) is 16.4. The summed E-state index contributed by atoms with van der Waals surface area (Å²) >= 11 is 0. The van der Waals surface area contributed by atoms with Crippen molar-refractivity contribution in [2.75, 3.05) is 0 Å². The maximum Gasteiger partial charge on any atom is 0.374 e. The monoisotopic (exact) mass is 324 g/mol. The molecule has 22 heavy (non-hydrogen) atoms. The van der Waals surface area contributed by atoms with Gasteiger partial charge < -0.3 is 14.9 Å². The summed E-state index contributed by atoms with van der Waals surface area (Å²) in [6.45, 7) is 0. The second-order valence-corrected chi connectivity index (χ2v) is 6.65. The highest BCUT2D eigenvalue weighted by atomic mass is 31.2. The third-order valence-electron chi connectivity index (χ3n) is 3.29. The molecule has 0 fully saturated rings. The van der Waals surface area contributed by atoms with E-state index in [2.05, 4.69) is 0 Å². The third-order valence-corrected chi connectivity index (χ3v) is 4.56. The number of halogens is 1. The van der Waals surface area contributed by atoms with Gasteiger partial charge in [0.2, 0.25) is 0 Å². The first-order chi connectivity index (χ1) is 10.2. The zero-order valence-electron chi connectivity index (χ0n) is 11.4. The molecule has 1 atom stereocenters. The normalized spacial score (nSPS) is 14.3. The fourth-order valence-electron chi connectivity index (χ4n) is 2.02. The molecule has 0 aliphatic carbocycles. The number of hydrogen-bond acceptors (Lipinski definition) is 2. The highest BCUT2D eigenvalue weighted by Gasteiger charge is 2.55. The Labute approximate surface area is 126 Å². The number of benzene rings is 2. The number of hydrogen-bond donors (Lipinski definition) is 3. The molecule has 116 valence electrons. The van der Waals surface area contributed by atoms with Crippen LogP contribution in [0.1, 0.15) is 5.56 Å². The van der Waals surface area contributed by atoms with Crippen molar-refractivity contribution in [2.24, 2.45) is 0 Å². The highest BCUT2D eigenvalue weighted by molar-refractivity contribution is 7.54. The summed E-state index contributed by atoms with van der Waals surface area (Å²) in [7, 11) is -5.45. The Kier molecular flexibility index (Phi) is 4.47. The molecule has 0 spiro atoms. The van der Waals surface area contributed by atoms with Gasteiger partial charge in [-0.3, -0.25) is 4.57 Å². The third kappa shape index (κ3) is 3.25. The predicted molar refractivity (Wildman–Crippen MR) is 79.1 cm³/mol. The highest BCUT2D eigenvalue weighted by Crippen LogP contribution is 2.53. The Bertz CT molecular complexity index is 710. The van der Waals surface area contributed by atoms with Crippen LogP contribution in [-0.2, 0) is 15.8 Å². The summed E-state index contributed by atoms with van der Waals surface area (Å²) in [4.78, 5) is 28.8. The van der Waals surface area contributed by atoms with E-state index in [-0.39, 0.29) is 5.56 Å². The first-order valence-electron chi connectivity index (χ1n) is 6.36. The molecule has 0 saturated carbocycles. The van der Waals surface area contributed by atoms with Gasteiger partial charge in [-0.25, -0.2) is 9.18 Å². The lowest BCUT2D eigenvalue weighted by Crippen LogP contribution is -2.35. The molecule has 2 aromatic carbocycles. The van der Waals surface area contributed by atoms with Crippen molar-refractivity contribution in [3.63, 3.8) is 0 Å². The topological polar surface area (TPSA) is 94.8 Å². The van der Waals surface area contributed by atoms with Crippen LogP contribution in [0.15, 0.2) is 54.6 Å². The van der Waals surface area contributed by atoms with Gasteiger partial charge in [-0.2, -0.15) is 0 Å². The van der Waals surface area contributed by atoms with Crippen molar-refractivity contribution in [1.29, 1.82) is 0 Å². The number of carboxylic acids is 1. The minimum Gasteiger partial charge on any atom is -0.478 e. The predicted octanol–water partition coefficient (Wildman–Crippen LogP) is 2.82. The average Bonchev–Trinajstić information content (AvgIpc) is 2.47. The van der Waals surface area contributed by atoms with Gasteiger partial charge in [0.1, 0.15) is 0 Å². The molecule has 3 N–H and O–H groups in total. The molecule has 0 amide bonds. The first kappa shape index (κ1) is 16.4. The van der Waals surface area contributed by atoms with Crippen LogP contribution in [0.5, 0.6) is 0 Å². The molecule has 0 saturated heterocycles. The van der Waals surface area contributed by atoms with Gasteiger partial charge in [0.05, 0.1) is 0 Å². The summed E-state index contributed by atoms with van der Waals surface area (Å²) in [5.41, 5.74) is 1.95. The molecule has 5 nitrogen and oxygen atoms in total. The first-order valence-corrected chi connectivity index (χ1v) is 7.97. The minimum absolute atomic E-state index is 0.188. The molecule has 0 aliphatic rings. The van der Waals surface area contributed by atoms with Crippen LogP contribution < -0.4 is 0 Å². The summed E-state index contributed by atoms with van der Waals surface area (Å²) < 4.78 is 25.3. The lowest BCUT2D eigenvalue weighted by molar-refractivity contribution is -0.146. The molecule has 0 heterocycles. The van der Waals surface area contributed by atoms with Crippen LogP contribution in [0.2, 0.25) is 0 Å². The van der Waals surface area contributed by atoms with E-state index in [1.165, 1.54) is 12.1 Å². The Morgan fingerprint density at radius 3 is 1.95 bits per heavy atom. The van der Waals surface area contributed by atoms with Crippen LogP contribution in [0.4, 0.5) is 4.39 Å². The van der Waals surface area contributed by atoms with Gasteiger partial charge in [0.15, 0.2) is 0 Å². The van der Waals surface area contributed by atoms with E-state index >= 15 is 0 Å². The number of alkyl halides is 1. The molecule has 0 radical (unpaired) electrons. The van der Waals surface area contributed by atoms with Gasteiger partial charge in [-0.05, 0) is 16.7 Å². The van der Waals surface area contributed by atoms with Gasteiger partial charge in [-0.15, -0.1) is 0 Å². The largest absolute Gasteiger partial charge is 0.478 e. The van der Waals surface area contributed by atoms with Gasteiger partial charge in [0, 0.05) is 6.42 Å². The lowest BCUT2D eigenvalue weighted by Gasteiger charge is -2.21. The van der Waals surface area contributed by atoms with E-state index in [0.717, 1.165) is 11.1 Å². The molecule has 7 heteroatoms. The molecule has 1 unspecified atom stereocenters. The van der Waals surface area contributed by atoms with Gasteiger partial charge in [-0.1, -0.05) is 54.6 Å². The van der Waals surface area contributed by atoms with Crippen molar-refractivity contribution in [3.05, 3.63) is 60.2 Å². The van der Waals surface area contributed by atoms with Crippen molar-refractivity contribution in [2.45, 2.75) is 11.8 Å². The number of rotatable bonds is 5. The number of aliphatic carboxylic acids is 1. The second-order valence-electron chi connectivity index (χ2n) is 4.85. The summed E-state index contributed by atoms with van der Waals surface area (Å²) in [6.07, 6.45) is -0.901. The molecular weight excluding hydrogens is 310 g/mol. The zero-order valence-corrected chi connectivity index (χ0v) is 12.3. The summed E-state index contributed by atoms with van der Waals surface area (Å²) in [5.74, 6) is -2.17. The van der Waals surface area contributed by atoms with Crippen molar-refractivity contribution < 1.29 is 28.6 Å². The van der Waals surface area contributed by atoms with Crippen molar-refractivity contribution in [1.82, 2.24) is 0 Å². The maximum absolute atomic E-state index is 14.2. The number of carboxylic acid groups (broad SMARTS) is 1. The van der Waals surface area contributed by atoms with Gasteiger partial charge >= 0.3 is 19.0 Å². The fraction of sp³-hybridized carbons (Fsp3) is 0.133. The van der Waals surface area contributed by atoms with E-state index in [1.54, 1.807) is 12.1 Å². The van der Waals surface area contributed by atoms with Crippen molar-refractivity contribution in [3.8, 4) is 11.1 Å². The van der Waals surface area contributed by atoms with Gasteiger partial charge in [0.25, 0.3) is 0 Å². The molecule has 0 aliphatic heterocycles. The molecule has 2 rings (SSSR count). The smallest absolute Gasteiger partial charge is 0.374 e. The second kappa shape index (κ2) is 6.01. The summed E-state index contributed by atoms with van der Waals surface area (Å²) in [6, 6.07) is 15.5. The van der Waals surface area contributed by atoms with Crippen LogP contribution >= 0.6 is 7.60 Å². The van der Waals surface area contributed by atoms with Crippen LogP contribution in [0.3, 0.4) is 0 Å². The Balaban J connectivity index is 2.28. The Morgan fingerprint density at radius 1 is 1.00 bits per heavy atom. The van der Waals surface area contributed by atoms with E-state index < -0.39 is 25.4 Å². The van der Waals surface area contributed by atoms with Crippen LogP contribution in [0.25, 0.3) is 11.1 Å². The fourth-order valence-corrected chi connectivity index (χ4v) is 2.66. The minimum atomic E-state index is -5.45. The Hall–Kier alpha value is -2.01. The number of carbonyl (C=O) groups is 1. The lowest BCUT2D eigenvalue weighted by atomic mass is 10.0. The Morgan fingerprint density at radius 2 is 1.50 bits per heavy atom. The van der Waals surface area contributed by atoms with Crippen molar-refractivity contribution >= 4 is 13.6 Å². The average molecular weight is 324 g/mol. The molecule has 0 aromatic heterocycles. The van der Waals surface area contributed by atoms with Crippen LogP contribution in [0, 0.1) is 0 Å².